The van der Waals surface area contributed by atoms with Crippen molar-refractivity contribution >= 4 is 21.5 Å². The lowest BCUT2D eigenvalue weighted by atomic mass is 10.1. The Morgan fingerprint density at radius 3 is 1.54 bits per heavy atom. The Kier molecular flexibility index (Phi) is 16.6. The lowest BCUT2D eigenvalue weighted by Crippen LogP contribution is -2.17. The van der Waals surface area contributed by atoms with E-state index in [4.69, 9.17) is 32.1 Å². The minimum Gasteiger partial charge on any atom is -0.750 e. The van der Waals surface area contributed by atoms with E-state index in [1.807, 2.05) is 26.0 Å². The van der Waals surface area contributed by atoms with Crippen LogP contribution >= 0.6 is 0 Å². The Morgan fingerprint density at radius 2 is 1.08 bits per heavy atom. The fourth-order valence-electron chi connectivity index (χ4n) is 3.10. The summed E-state index contributed by atoms with van der Waals surface area (Å²) in [5, 5.41) is 0. The summed E-state index contributed by atoms with van der Waals surface area (Å²) in [5.41, 5.74) is 2.74. The highest BCUT2D eigenvalue weighted by atomic mass is 32.2. The highest BCUT2D eigenvalue weighted by Gasteiger charge is 2.15. The molecular formula is C26H37O11S2-. The van der Waals surface area contributed by atoms with E-state index in [1.54, 1.807) is 24.3 Å². The van der Waals surface area contributed by atoms with Crippen LogP contribution in [0, 0.1) is 13.8 Å². The average Bonchev–Trinajstić information content (AvgIpc) is 2.90. The smallest absolute Gasteiger partial charge is 0.297 e. The molecule has 11 nitrogen and oxygen atoms in total. The molecule has 0 radical (unpaired) electrons. The van der Waals surface area contributed by atoms with E-state index in [0.717, 1.165) is 11.1 Å². The van der Waals surface area contributed by atoms with Crippen molar-refractivity contribution in [1.29, 1.82) is 0 Å². The zero-order chi connectivity index (χ0) is 28.3. The minimum atomic E-state index is -3.79. The first-order chi connectivity index (χ1) is 18.8. The Labute approximate surface area is 233 Å². The van der Waals surface area contributed by atoms with E-state index >= 15 is 0 Å². The number of aryl methyl sites for hydroxylation is 2. The third-order valence-corrected chi connectivity index (χ3v) is 6.89. The molecule has 2 aromatic rings. The van der Waals surface area contributed by atoms with Gasteiger partial charge in [-0.05, 0) is 31.5 Å². The molecule has 2 unspecified atom stereocenters. The predicted molar refractivity (Wildman–Crippen MR) is 142 cm³/mol. The molecule has 0 aliphatic rings. The molecule has 0 spiro atoms. The molecule has 0 amide bonds. The van der Waals surface area contributed by atoms with Gasteiger partial charge >= 0.3 is 0 Å². The molecule has 0 heterocycles. The van der Waals surface area contributed by atoms with Crippen molar-refractivity contribution in [2.24, 2.45) is 0 Å². The second-order valence-corrected chi connectivity index (χ2v) is 10.5. The van der Waals surface area contributed by atoms with Gasteiger partial charge in [-0.2, -0.15) is 8.42 Å². The summed E-state index contributed by atoms with van der Waals surface area (Å²) in [6, 6.07) is 13.8. The summed E-state index contributed by atoms with van der Waals surface area (Å²) >= 11 is -2.65. The van der Waals surface area contributed by atoms with Crippen LogP contribution in [0.2, 0.25) is 0 Å². The van der Waals surface area contributed by atoms with Crippen LogP contribution in [0.15, 0.2) is 53.4 Å². The normalized spacial score (nSPS) is 13.4. The fraction of sp³-hybridized carbons (Fsp3) is 0.538. The van der Waals surface area contributed by atoms with Gasteiger partial charge in [0.05, 0.1) is 88.9 Å². The average molecular weight is 590 g/mol. The quantitative estimate of drug-likeness (QED) is 0.114. The summed E-state index contributed by atoms with van der Waals surface area (Å²) in [4.78, 5) is 0.115. The second-order valence-electron chi connectivity index (χ2n) is 8.31. The van der Waals surface area contributed by atoms with E-state index in [-0.39, 0.29) is 31.3 Å². The number of rotatable bonds is 22. The SMILES string of the molecule is Cc1ccc(C(COCCOCCOCCOCCOCCOS(=O)(=O)c2ccc(C)cc2)OS(=O)[O-])cc1. The van der Waals surface area contributed by atoms with E-state index < -0.39 is 27.6 Å². The molecule has 0 aliphatic heterocycles. The molecule has 0 saturated heterocycles. The Balaban J connectivity index is 1.38. The summed E-state index contributed by atoms with van der Waals surface area (Å²) in [6.45, 7) is 6.74. The molecule has 0 bridgehead atoms. The van der Waals surface area contributed by atoms with Crippen LogP contribution in [0.5, 0.6) is 0 Å². The molecule has 0 aliphatic carbocycles. The van der Waals surface area contributed by atoms with Gasteiger partial charge in [-0.25, -0.2) is 4.21 Å². The van der Waals surface area contributed by atoms with Gasteiger partial charge in [-0.1, -0.05) is 47.5 Å². The van der Waals surface area contributed by atoms with Gasteiger partial charge < -0.3 is 28.2 Å². The number of hydrogen-bond donors (Lipinski definition) is 0. The standard InChI is InChI=1S/C26H38O11S2/c1-22-3-7-24(8-4-22)26(37-38(27)28)21-35-18-17-33-14-13-31-11-12-32-15-16-34-19-20-36-39(29,30)25-9-5-23(2)6-10-25/h3-10,26H,11-21H2,1-2H3,(H,27,28)/p-1. The Bertz CT molecular complexity index is 1040. The third-order valence-electron chi connectivity index (χ3n) is 5.18. The summed E-state index contributed by atoms with van der Waals surface area (Å²) in [5.74, 6) is 0. The summed E-state index contributed by atoms with van der Waals surface area (Å²) in [6.07, 6.45) is -0.716. The van der Waals surface area contributed by atoms with Crippen LogP contribution in [0.25, 0.3) is 0 Å². The maximum Gasteiger partial charge on any atom is 0.297 e. The highest BCUT2D eigenvalue weighted by molar-refractivity contribution is 7.86. The van der Waals surface area contributed by atoms with E-state index in [2.05, 4.69) is 0 Å². The molecule has 0 N–H and O–H groups in total. The van der Waals surface area contributed by atoms with Gasteiger partial charge in [0.1, 0.15) is 6.10 Å². The molecule has 0 fully saturated rings. The van der Waals surface area contributed by atoms with Crippen molar-refractivity contribution in [1.82, 2.24) is 0 Å². The van der Waals surface area contributed by atoms with Crippen LogP contribution in [-0.4, -0.2) is 89.9 Å². The third kappa shape index (κ3) is 15.0. The molecule has 13 heteroatoms. The van der Waals surface area contributed by atoms with Crippen molar-refractivity contribution in [3.8, 4) is 0 Å². The van der Waals surface area contributed by atoms with E-state index in [0.29, 0.717) is 51.8 Å². The lowest BCUT2D eigenvalue weighted by Gasteiger charge is -2.19. The fourth-order valence-corrected chi connectivity index (χ4v) is 4.35. The summed E-state index contributed by atoms with van der Waals surface area (Å²) < 4.78 is 82.9. The zero-order valence-electron chi connectivity index (χ0n) is 22.3. The van der Waals surface area contributed by atoms with Gasteiger partial charge in [-0.15, -0.1) is 0 Å². The van der Waals surface area contributed by atoms with Gasteiger partial charge in [-0.3, -0.25) is 8.37 Å². The monoisotopic (exact) mass is 589 g/mol. The van der Waals surface area contributed by atoms with Gasteiger partial charge in [0.25, 0.3) is 10.1 Å². The molecule has 0 aromatic heterocycles. The van der Waals surface area contributed by atoms with Crippen molar-refractivity contribution in [2.45, 2.75) is 24.8 Å². The van der Waals surface area contributed by atoms with Crippen molar-refractivity contribution in [3.05, 3.63) is 65.2 Å². The Morgan fingerprint density at radius 1 is 0.667 bits per heavy atom. The Hall–Kier alpha value is -1.78. The molecule has 220 valence electrons. The van der Waals surface area contributed by atoms with Crippen LogP contribution in [0.4, 0.5) is 0 Å². The number of hydrogen-bond acceptors (Lipinski definition) is 11. The van der Waals surface area contributed by atoms with Gasteiger partial charge in [0.15, 0.2) is 0 Å². The molecular weight excluding hydrogens is 552 g/mol. The minimum absolute atomic E-state index is 0.0769. The molecule has 39 heavy (non-hydrogen) atoms. The maximum absolute atomic E-state index is 12.1. The van der Waals surface area contributed by atoms with E-state index in [1.165, 1.54) is 12.1 Å². The van der Waals surface area contributed by atoms with E-state index in [9.17, 15) is 17.2 Å². The zero-order valence-corrected chi connectivity index (χ0v) is 23.9. The first-order valence-corrected chi connectivity index (χ1v) is 14.9. The largest absolute Gasteiger partial charge is 0.750 e. The van der Waals surface area contributed by atoms with Gasteiger partial charge in [0, 0.05) is 0 Å². The number of benzene rings is 2. The van der Waals surface area contributed by atoms with Crippen molar-refractivity contribution in [3.63, 3.8) is 0 Å². The van der Waals surface area contributed by atoms with Crippen LogP contribution < -0.4 is 0 Å². The molecule has 2 atom stereocenters. The lowest BCUT2D eigenvalue weighted by molar-refractivity contribution is -0.0192. The van der Waals surface area contributed by atoms with Crippen molar-refractivity contribution < 1.29 is 49.2 Å². The number of ether oxygens (including phenoxy) is 5. The van der Waals surface area contributed by atoms with Crippen LogP contribution in [0.1, 0.15) is 22.8 Å². The van der Waals surface area contributed by atoms with Crippen LogP contribution in [-0.2, 0) is 53.5 Å². The first kappa shape index (κ1) is 33.4. The van der Waals surface area contributed by atoms with Crippen LogP contribution in [0.3, 0.4) is 0 Å². The second kappa shape index (κ2) is 19.3. The first-order valence-electron chi connectivity index (χ1n) is 12.5. The molecule has 2 aromatic carbocycles. The highest BCUT2D eigenvalue weighted by Crippen LogP contribution is 2.19. The topological polar surface area (TPSA) is 139 Å². The van der Waals surface area contributed by atoms with Crippen molar-refractivity contribution in [2.75, 3.05) is 72.7 Å². The summed E-state index contributed by atoms with van der Waals surface area (Å²) in [7, 11) is -3.79. The molecule has 0 saturated carbocycles. The van der Waals surface area contributed by atoms with Gasteiger partial charge in [0.2, 0.25) is 0 Å². The molecule has 2 rings (SSSR count). The predicted octanol–water partition coefficient (Wildman–Crippen LogP) is 2.64. The maximum atomic E-state index is 12.1.